The van der Waals surface area contributed by atoms with E-state index >= 15 is 0 Å². The Hall–Kier alpha value is -3.65. The molecule has 3 aliphatic rings. The monoisotopic (exact) mass is 622 g/mol. The van der Waals surface area contributed by atoms with Crippen LogP contribution in [0.1, 0.15) is 60.9 Å². The molecule has 7 rings (SSSR count). The number of carbonyl (C=O) groups excluding carboxylic acids is 1. The van der Waals surface area contributed by atoms with Crippen LogP contribution >= 0.6 is 11.6 Å². The van der Waals surface area contributed by atoms with Gasteiger partial charge in [0.2, 0.25) is 0 Å². The van der Waals surface area contributed by atoms with Gasteiger partial charge in [0.1, 0.15) is 5.82 Å². The number of carbonyl (C=O) groups is 1. The molecule has 234 valence electrons. The molecule has 0 unspecified atom stereocenters. The average molecular weight is 623 g/mol. The molecule has 7 nitrogen and oxygen atoms in total. The maximum absolute atomic E-state index is 13.4. The Bertz CT molecular complexity index is 1580. The molecule has 2 amide bonds. The first-order valence-corrected chi connectivity index (χ1v) is 16.9. The van der Waals surface area contributed by atoms with Crippen LogP contribution in [0.3, 0.4) is 0 Å². The highest BCUT2D eigenvalue weighted by atomic mass is 35.5. The van der Waals surface area contributed by atoms with Gasteiger partial charge in [-0.05, 0) is 81.0 Å². The number of rotatable bonds is 9. The van der Waals surface area contributed by atoms with Gasteiger partial charge >= 0.3 is 6.03 Å². The van der Waals surface area contributed by atoms with Crippen molar-refractivity contribution in [3.63, 3.8) is 0 Å². The SMILES string of the molecule is Cc1nc2c(n1C1C[C@H]3CC[C@H](C1)N3CCCN(C(=O)Nc1ccc(Cl)cc1)c1ccccc1)CCN(Cc1ccccc1)C2. The number of urea groups is 1. The number of piperidine rings is 1. The van der Waals surface area contributed by atoms with Crippen molar-refractivity contribution in [1.82, 2.24) is 19.4 Å². The number of amides is 2. The summed E-state index contributed by atoms with van der Waals surface area (Å²) in [7, 11) is 0. The highest BCUT2D eigenvalue weighted by Crippen LogP contribution is 2.42. The van der Waals surface area contributed by atoms with Gasteiger partial charge in [0.15, 0.2) is 0 Å². The van der Waals surface area contributed by atoms with Gasteiger partial charge in [-0.25, -0.2) is 9.78 Å². The van der Waals surface area contributed by atoms with E-state index in [9.17, 15) is 4.79 Å². The molecular weight excluding hydrogens is 580 g/mol. The number of halogens is 1. The topological polar surface area (TPSA) is 56.6 Å². The van der Waals surface area contributed by atoms with Crippen LogP contribution in [0.25, 0.3) is 0 Å². The van der Waals surface area contributed by atoms with Crippen molar-refractivity contribution in [3.05, 3.63) is 113 Å². The Labute approximate surface area is 271 Å². The lowest BCUT2D eigenvalue weighted by Gasteiger charge is -2.41. The van der Waals surface area contributed by atoms with Gasteiger partial charge in [-0.1, -0.05) is 60.1 Å². The number of benzene rings is 3. The van der Waals surface area contributed by atoms with Crippen molar-refractivity contribution >= 4 is 29.0 Å². The van der Waals surface area contributed by atoms with Crippen molar-refractivity contribution in [2.24, 2.45) is 0 Å². The molecular formula is C37H43ClN6O. The molecule has 0 saturated carbocycles. The van der Waals surface area contributed by atoms with Crippen molar-refractivity contribution in [1.29, 1.82) is 0 Å². The van der Waals surface area contributed by atoms with Gasteiger partial charge < -0.3 is 9.88 Å². The first-order valence-electron chi connectivity index (χ1n) is 16.5. The number of para-hydroxylation sites is 1. The number of aryl methyl sites for hydroxylation is 1. The number of nitrogens with one attached hydrogen (secondary N) is 1. The van der Waals surface area contributed by atoms with Crippen molar-refractivity contribution in [2.45, 2.75) is 76.7 Å². The van der Waals surface area contributed by atoms with Crippen LogP contribution in [0.15, 0.2) is 84.9 Å². The molecule has 4 aromatic rings. The third-order valence-corrected chi connectivity index (χ3v) is 10.2. The Kier molecular flexibility index (Phi) is 8.92. The first-order chi connectivity index (χ1) is 22.0. The lowest BCUT2D eigenvalue weighted by atomic mass is 9.95. The number of imidazole rings is 1. The van der Waals surface area contributed by atoms with Crippen LogP contribution in [-0.4, -0.2) is 57.1 Å². The predicted octanol–water partition coefficient (Wildman–Crippen LogP) is 7.70. The van der Waals surface area contributed by atoms with E-state index in [4.69, 9.17) is 16.6 Å². The van der Waals surface area contributed by atoms with Crippen LogP contribution in [0.4, 0.5) is 16.2 Å². The fourth-order valence-corrected chi connectivity index (χ4v) is 8.09. The summed E-state index contributed by atoms with van der Waals surface area (Å²) >= 11 is 6.05. The summed E-state index contributed by atoms with van der Waals surface area (Å²) in [6.07, 6.45) is 6.91. The number of hydrogen-bond donors (Lipinski definition) is 1. The average Bonchev–Trinajstić information content (AvgIpc) is 3.50. The second-order valence-electron chi connectivity index (χ2n) is 12.9. The molecule has 4 heterocycles. The molecule has 3 aliphatic heterocycles. The minimum Gasteiger partial charge on any atom is -0.329 e. The molecule has 2 atom stereocenters. The molecule has 2 bridgehead atoms. The van der Waals surface area contributed by atoms with Crippen molar-refractivity contribution < 1.29 is 4.79 Å². The van der Waals surface area contributed by atoms with Gasteiger partial charge in [-0.2, -0.15) is 0 Å². The van der Waals surface area contributed by atoms with Gasteiger partial charge in [0, 0.05) is 79.4 Å². The minimum absolute atomic E-state index is 0.118. The van der Waals surface area contributed by atoms with E-state index in [2.05, 4.69) is 56.9 Å². The highest BCUT2D eigenvalue weighted by molar-refractivity contribution is 6.30. The summed E-state index contributed by atoms with van der Waals surface area (Å²) in [5.41, 5.74) is 5.77. The Morgan fingerprint density at radius 1 is 0.933 bits per heavy atom. The van der Waals surface area contributed by atoms with Crippen molar-refractivity contribution in [2.75, 3.05) is 29.9 Å². The van der Waals surface area contributed by atoms with E-state index < -0.39 is 0 Å². The van der Waals surface area contributed by atoms with Gasteiger partial charge in [0.25, 0.3) is 0 Å². The smallest absolute Gasteiger partial charge is 0.326 e. The second-order valence-corrected chi connectivity index (χ2v) is 13.3. The highest BCUT2D eigenvalue weighted by Gasteiger charge is 2.42. The lowest BCUT2D eigenvalue weighted by Crippen LogP contribution is -2.45. The fourth-order valence-electron chi connectivity index (χ4n) is 7.97. The Morgan fingerprint density at radius 3 is 2.33 bits per heavy atom. The van der Waals surface area contributed by atoms with E-state index in [0.717, 1.165) is 50.4 Å². The summed E-state index contributed by atoms with van der Waals surface area (Å²) < 4.78 is 2.62. The summed E-state index contributed by atoms with van der Waals surface area (Å²) in [4.78, 5) is 25.7. The molecule has 0 radical (unpaired) electrons. The maximum atomic E-state index is 13.4. The van der Waals surface area contributed by atoms with E-state index in [1.807, 2.05) is 47.4 Å². The van der Waals surface area contributed by atoms with Gasteiger partial charge in [-0.15, -0.1) is 0 Å². The summed E-state index contributed by atoms with van der Waals surface area (Å²) in [6.45, 7) is 6.89. The molecule has 3 aromatic carbocycles. The number of anilines is 2. The second kappa shape index (κ2) is 13.4. The van der Waals surface area contributed by atoms with Crippen LogP contribution in [-0.2, 0) is 19.5 Å². The normalized spacial score (nSPS) is 21.4. The fraction of sp³-hybridized carbons (Fsp3) is 0.405. The number of hydrogen-bond acceptors (Lipinski definition) is 4. The lowest BCUT2D eigenvalue weighted by molar-refractivity contribution is 0.104. The predicted molar refractivity (Wildman–Crippen MR) is 182 cm³/mol. The van der Waals surface area contributed by atoms with Crippen LogP contribution in [0.2, 0.25) is 5.02 Å². The molecule has 2 saturated heterocycles. The third kappa shape index (κ3) is 6.67. The van der Waals surface area contributed by atoms with Gasteiger partial charge in [-0.3, -0.25) is 14.7 Å². The third-order valence-electron chi connectivity index (χ3n) is 9.99. The zero-order valence-corrected chi connectivity index (χ0v) is 26.9. The molecule has 1 aromatic heterocycles. The Balaban J connectivity index is 0.977. The number of aromatic nitrogens is 2. The standard InChI is InChI=1S/C37H43ClN6O/c1-27-39-35-26-41(25-28-9-4-2-5-10-28)22-19-36(35)44(27)34-23-32-17-18-33(24-34)42(32)20-8-21-43(31-11-6-3-7-12-31)37(45)40-30-15-13-29(38)14-16-30/h2-7,9-16,32-34H,8,17-26H2,1H3,(H,40,45)/t32-,33-/m1/s1. The molecule has 45 heavy (non-hydrogen) atoms. The van der Waals surface area contributed by atoms with E-state index in [1.54, 1.807) is 12.1 Å². The number of nitrogens with zero attached hydrogens (tertiary/aromatic N) is 5. The zero-order valence-electron chi connectivity index (χ0n) is 26.1. The maximum Gasteiger partial charge on any atom is 0.326 e. The van der Waals surface area contributed by atoms with Crippen LogP contribution in [0.5, 0.6) is 0 Å². The van der Waals surface area contributed by atoms with E-state index in [1.165, 1.54) is 48.5 Å². The molecule has 1 N–H and O–H groups in total. The van der Waals surface area contributed by atoms with E-state index in [-0.39, 0.29) is 6.03 Å². The minimum atomic E-state index is -0.118. The summed E-state index contributed by atoms with van der Waals surface area (Å²) in [5.74, 6) is 1.18. The van der Waals surface area contributed by atoms with Crippen molar-refractivity contribution in [3.8, 4) is 0 Å². The molecule has 8 heteroatoms. The molecule has 0 aliphatic carbocycles. The Morgan fingerprint density at radius 2 is 1.62 bits per heavy atom. The quantitative estimate of drug-likeness (QED) is 0.208. The first kappa shape index (κ1) is 30.0. The van der Waals surface area contributed by atoms with Crippen LogP contribution < -0.4 is 10.2 Å². The summed E-state index contributed by atoms with van der Waals surface area (Å²) in [5, 5.41) is 3.71. The van der Waals surface area contributed by atoms with Gasteiger partial charge in [0.05, 0.1) is 5.69 Å². The van der Waals surface area contributed by atoms with E-state index in [0.29, 0.717) is 29.7 Å². The van der Waals surface area contributed by atoms with Crippen LogP contribution in [0, 0.1) is 6.92 Å². The molecule has 0 spiro atoms. The molecule has 2 fully saturated rings. The largest absolute Gasteiger partial charge is 0.329 e. The number of fused-ring (bicyclic) bond motifs is 3. The summed E-state index contributed by atoms with van der Waals surface area (Å²) in [6, 6.07) is 29.6. The zero-order chi connectivity index (χ0) is 30.8.